The van der Waals surface area contributed by atoms with Crippen molar-refractivity contribution in [1.82, 2.24) is 5.32 Å². The predicted octanol–water partition coefficient (Wildman–Crippen LogP) is 1.27. The van der Waals surface area contributed by atoms with Crippen molar-refractivity contribution < 1.29 is 18.0 Å². The number of sulfonamides is 1. The molecule has 1 aromatic rings. The van der Waals surface area contributed by atoms with Gasteiger partial charge in [0.05, 0.1) is 5.71 Å². The standard InChI is InChI=1S/C11H10BrN3O4S/c1-6-9(10(16)14-11(17)13-6)20(18,19)15-8-4-2-3-7(12)5-8/h2-5,9,15H,1H3,(H,14,16,17). The third-order valence-electron chi connectivity index (χ3n) is 2.52. The maximum absolute atomic E-state index is 12.2. The van der Waals surface area contributed by atoms with Crippen LogP contribution >= 0.6 is 15.9 Å². The summed E-state index contributed by atoms with van der Waals surface area (Å²) in [5.41, 5.74) is 0.234. The molecule has 3 amide bonds. The van der Waals surface area contributed by atoms with Gasteiger partial charge < -0.3 is 0 Å². The van der Waals surface area contributed by atoms with Gasteiger partial charge in [0.2, 0.25) is 10.0 Å². The Bertz CT molecular complexity index is 714. The van der Waals surface area contributed by atoms with Gasteiger partial charge in [0.25, 0.3) is 5.91 Å². The fraction of sp³-hybridized carbons (Fsp3) is 0.182. The quantitative estimate of drug-likeness (QED) is 0.847. The van der Waals surface area contributed by atoms with Gasteiger partial charge in [-0.25, -0.2) is 18.2 Å². The number of urea groups is 1. The molecule has 1 heterocycles. The lowest BCUT2D eigenvalue weighted by Crippen LogP contribution is -2.51. The number of nitrogens with one attached hydrogen (secondary N) is 2. The second kappa shape index (κ2) is 5.33. The normalized spacial score (nSPS) is 19.3. The van der Waals surface area contributed by atoms with E-state index in [0.717, 1.165) is 0 Å². The number of carbonyl (C=O) groups excluding carboxylic acids is 2. The van der Waals surface area contributed by atoms with Gasteiger partial charge in [0.1, 0.15) is 0 Å². The molecule has 0 saturated heterocycles. The SMILES string of the molecule is CC1=NC(=O)NC(=O)C1S(=O)(=O)Nc1cccc(Br)c1. The van der Waals surface area contributed by atoms with E-state index < -0.39 is 27.2 Å². The van der Waals surface area contributed by atoms with Gasteiger partial charge in [0.15, 0.2) is 5.25 Å². The molecule has 1 unspecified atom stereocenters. The maximum atomic E-state index is 12.2. The number of rotatable bonds is 3. The molecule has 1 aliphatic heterocycles. The van der Waals surface area contributed by atoms with Crippen molar-refractivity contribution in [1.29, 1.82) is 0 Å². The van der Waals surface area contributed by atoms with Crippen molar-refractivity contribution in [2.75, 3.05) is 4.72 Å². The van der Waals surface area contributed by atoms with Crippen LogP contribution in [0.2, 0.25) is 0 Å². The Kier molecular flexibility index (Phi) is 3.91. The Balaban J connectivity index is 2.33. The zero-order valence-electron chi connectivity index (χ0n) is 10.3. The van der Waals surface area contributed by atoms with Gasteiger partial charge >= 0.3 is 6.03 Å². The minimum absolute atomic E-state index is 0.0683. The number of halogens is 1. The van der Waals surface area contributed by atoms with E-state index in [-0.39, 0.29) is 5.71 Å². The molecular weight excluding hydrogens is 350 g/mol. The van der Waals surface area contributed by atoms with E-state index in [1.54, 1.807) is 24.3 Å². The summed E-state index contributed by atoms with van der Waals surface area (Å²) in [4.78, 5) is 26.2. The first-order valence-corrected chi connectivity index (χ1v) is 7.81. The molecule has 2 N–H and O–H groups in total. The van der Waals surface area contributed by atoms with Crippen molar-refractivity contribution in [3.8, 4) is 0 Å². The van der Waals surface area contributed by atoms with E-state index in [2.05, 4.69) is 25.6 Å². The average molecular weight is 360 g/mol. The summed E-state index contributed by atoms with van der Waals surface area (Å²) in [7, 11) is -4.04. The third-order valence-corrected chi connectivity index (χ3v) is 4.71. The Labute approximate surface area is 123 Å². The molecule has 0 saturated carbocycles. The van der Waals surface area contributed by atoms with Crippen molar-refractivity contribution in [2.24, 2.45) is 4.99 Å². The highest BCUT2D eigenvalue weighted by Gasteiger charge is 2.39. The molecule has 0 spiro atoms. The summed E-state index contributed by atoms with van der Waals surface area (Å²) in [5, 5.41) is 0.341. The molecule has 1 aromatic carbocycles. The number of benzene rings is 1. The van der Waals surface area contributed by atoms with Crippen LogP contribution < -0.4 is 10.0 Å². The number of nitrogens with zero attached hydrogens (tertiary/aromatic N) is 1. The van der Waals surface area contributed by atoms with E-state index in [4.69, 9.17) is 0 Å². The molecule has 0 aliphatic carbocycles. The number of aliphatic imine (C=N–C) groups is 1. The number of hydrogen-bond donors (Lipinski definition) is 2. The molecule has 0 aromatic heterocycles. The average Bonchev–Trinajstić information content (AvgIpc) is 2.25. The van der Waals surface area contributed by atoms with Crippen LogP contribution in [0.25, 0.3) is 0 Å². The van der Waals surface area contributed by atoms with Gasteiger partial charge in [-0.3, -0.25) is 14.8 Å². The zero-order chi connectivity index (χ0) is 14.9. The van der Waals surface area contributed by atoms with Gasteiger partial charge in [-0.05, 0) is 25.1 Å². The summed E-state index contributed by atoms with van der Waals surface area (Å²) < 4.78 is 27.4. The Morgan fingerprint density at radius 2 is 2.05 bits per heavy atom. The summed E-state index contributed by atoms with van der Waals surface area (Å²) in [6.07, 6.45) is 0. The first-order valence-electron chi connectivity index (χ1n) is 5.47. The van der Waals surface area contributed by atoms with Gasteiger partial charge in [0, 0.05) is 10.2 Å². The van der Waals surface area contributed by atoms with Crippen LogP contribution in [0.5, 0.6) is 0 Å². The van der Waals surface area contributed by atoms with Crippen LogP contribution in [0, 0.1) is 0 Å². The van der Waals surface area contributed by atoms with Gasteiger partial charge in [-0.1, -0.05) is 22.0 Å². The highest BCUT2D eigenvalue weighted by molar-refractivity contribution is 9.10. The van der Waals surface area contributed by atoms with Crippen LogP contribution in [0.4, 0.5) is 10.5 Å². The summed E-state index contributed by atoms with van der Waals surface area (Å²) in [5.74, 6) is -0.912. The molecule has 9 heteroatoms. The van der Waals surface area contributed by atoms with E-state index in [9.17, 15) is 18.0 Å². The Hall–Kier alpha value is -1.74. The van der Waals surface area contributed by atoms with Crippen molar-refractivity contribution in [3.63, 3.8) is 0 Å². The molecular formula is C11H10BrN3O4S. The van der Waals surface area contributed by atoms with E-state index in [1.165, 1.54) is 6.92 Å². The number of hydrogen-bond acceptors (Lipinski definition) is 4. The molecule has 1 atom stereocenters. The summed E-state index contributed by atoms with van der Waals surface area (Å²) >= 11 is 3.21. The second-order valence-electron chi connectivity index (χ2n) is 4.09. The number of imide groups is 1. The molecule has 2 rings (SSSR count). The van der Waals surface area contributed by atoms with E-state index in [1.807, 2.05) is 5.32 Å². The Morgan fingerprint density at radius 1 is 1.35 bits per heavy atom. The molecule has 20 heavy (non-hydrogen) atoms. The second-order valence-corrected chi connectivity index (χ2v) is 6.77. The molecule has 0 fully saturated rings. The maximum Gasteiger partial charge on any atom is 0.347 e. The minimum Gasteiger partial charge on any atom is -0.283 e. The lowest BCUT2D eigenvalue weighted by atomic mass is 10.2. The third kappa shape index (κ3) is 3.05. The van der Waals surface area contributed by atoms with Crippen molar-refractivity contribution >= 4 is 49.3 Å². The number of anilines is 1. The van der Waals surface area contributed by atoms with Crippen LogP contribution in [-0.2, 0) is 14.8 Å². The van der Waals surface area contributed by atoms with Crippen LogP contribution in [0.1, 0.15) is 6.92 Å². The fourth-order valence-electron chi connectivity index (χ4n) is 1.75. The first-order chi connectivity index (χ1) is 9.29. The van der Waals surface area contributed by atoms with Crippen LogP contribution in [0.3, 0.4) is 0 Å². The minimum atomic E-state index is -4.04. The smallest absolute Gasteiger partial charge is 0.283 e. The molecule has 1 aliphatic rings. The van der Waals surface area contributed by atoms with Gasteiger partial charge in [-0.15, -0.1) is 0 Å². The monoisotopic (exact) mass is 359 g/mol. The van der Waals surface area contributed by atoms with Crippen LogP contribution in [-0.4, -0.2) is 31.3 Å². The number of carbonyl (C=O) groups is 2. The largest absolute Gasteiger partial charge is 0.347 e. The molecule has 0 bridgehead atoms. The van der Waals surface area contributed by atoms with E-state index >= 15 is 0 Å². The van der Waals surface area contributed by atoms with Crippen molar-refractivity contribution in [2.45, 2.75) is 12.2 Å². The summed E-state index contributed by atoms with van der Waals surface area (Å²) in [6, 6.07) is 5.61. The fourth-order valence-corrected chi connectivity index (χ4v) is 3.56. The molecule has 106 valence electrons. The lowest BCUT2D eigenvalue weighted by molar-refractivity contribution is -0.118. The highest BCUT2D eigenvalue weighted by atomic mass is 79.9. The predicted molar refractivity (Wildman–Crippen MR) is 77.1 cm³/mol. The molecule has 0 radical (unpaired) electrons. The molecule has 7 nitrogen and oxygen atoms in total. The summed E-state index contributed by atoms with van der Waals surface area (Å²) in [6.45, 7) is 1.32. The topological polar surface area (TPSA) is 105 Å². The lowest BCUT2D eigenvalue weighted by Gasteiger charge is -2.20. The zero-order valence-corrected chi connectivity index (χ0v) is 12.7. The van der Waals surface area contributed by atoms with E-state index in [0.29, 0.717) is 10.2 Å². The van der Waals surface area contributed by atoms with Crippen LogP contribution in [0.15, 0.2) is 33.7 Å². The highest BCUT2D eigenvalue weighted by Crippen LogP contribution is 2.19. The Morgan fingerprint density at radius 3 is 2.65 bits per heavy atom. The number of amides is 3. The van der Waals surface area contributed by atoms with Gasteiger partial charge in [-0.2, -0.15) is 0 Å². The first kappa shape index (κ1) is 14.7. The van der Waals surface area contributed by atoms with Crippen molar-refractivity contribution in [3.05, 3.63) is 28.7 Å².